The molecule has 0 unspecified atom stereocenters. The van der Waals surface area contributed by atoms with Crippen LogP contribution in [0.25, 0.3) is 0 Å². The Kier molecular flexibility index (Phi) is 8.15. The standard InChI is InChI=1S/C27H30N6O5S/c1-27(2,3)21-14-19(23(39-21)25(36)33-12-11-30-22(34)15-33)32-26(37)31-16-5-7-17(8-6-16)38-18-9-10-29-20(13-18)24(35)28-4/h5-10,13-14H,11-12,15H2,1-4H3,(H,28,35)(H,30,34)(H2,31,32,37). The maximum atomic E-state index is 13.3. The van der Waals surface area contributed by atoms with E-state index in [-0.39, 0.29) is 35.4 Å². The fourth-order valence-electron chi connectivity index (χ4n) is 3.72. The Bertz CT molecular complexity index is 1400. The minimum Gasteiger partial charge on any atom is -0.457 e. The van der Waals surface area contributed by atoms with E-state index in [4.69, 9.17) is 4.74 Å². The highest BCUT2D eigenvalue weighted by Crippen LogP contribution is 2.36. The molecular formula is C27H30N6O5S. The van der Waals surface area contributed by atoms with Gasteiger partial charge in [-0.15, -0.1) is 11.3 Å². The van der Waals surface area contributed by atoms with Gasteiger partial charge in [0.1, 0.15) is 22.1 Å². The van der Waals surface area contributed by atoms with Crippen molar-refractivity contribution in [1.82, 2.24) is 20.5 Å². The van der Waals surface area contributed by atoms with E-state index in [1.54, 1.807) is 36.4 Å². The largest absolute Gasteiger partial charge is 0.457 e. The SMILES string of the molecule is CNC(=O)c1cc(Oc2ccc(NC(=O)Nc3cc(C(C)(C)C)sc3C(=O)N3CCNC(=O)C3)cc2)ccn1. The van der Waals surface area contributed by atoms with Gasteiger partial charge in [-0.2, -0.15) is 0 Å². The molecule has 0 aliphatic carbocycles. The molecule has 2 aromatic heterocycles. The van der Waals surface area contributed by atoms with Gasteiger partial charge in [-0.3, -0.25) is 19.4 Å². The predicted molar refractivity (Wildman–Crippen MR) is 149 cm³/mol. The second kappa shape index (κ2) is 11.5. The summed E-state index contributed by atoms with van der Waals surface area (Å²) in [7, 11) is 1.52. The average molecular weight is 551 g/mol. The molecule has 3 heterocycles. The number of piperazine rings is 1. The maximum Gasteiger partial charge on any atom is 0.323 e. The van der Waals surface area contributed by atoms with Crippen molar-refractivity contribution in [2.24, 2.45) is 0 Å². The van der Waals surface area contributed by atoms with E-state index in [0.29, 0.717) is 40.8 Å². The molecule has 0 radical (unpaired) electrons. The minimum atomic E-state index is -0.517. The van der Waals surface area contributed by atoms with Gasteiger partial charge in [0, 0.05) is 43.0 Å². The van der Waals surface area contributed by atoms with E-state index in [1.807, 2.05) is 20.8 Å². The van der Waals surface area contributed by atoms with E-state index in [2.05, 4.69) is 26.3 Å². The quantitative estimate of drug-likeness (QED) is 0.368. The maximum absolute atomic E-state index is 13.3. The number of aromatic nitrogens is 1. The van der Waals surface area contributed by atoms with Crippen LogP contribution in [0, 0.1) is 0 Å². The van der Waals surface area contributed by atoms with Crippen LogP contribution in [0.3, 0.4) is 0 Å². The van der Waals surface area contributed by atoms with Crippen LogP contribution in [-0.4, -0.2) is 60.3 Å². The number of pyridine rings is 1. The Morgan fingerprint density at radius 2 is 1.79 bits per heavy atom. The van der Waals surface area contributed by atoms with Gasteiger partial charge in [0.25, 0.3) is 11.8 Å². The Hall–Kier alpha value is -4.45. The molecule has 1 saturated heterocycles. The first-order chi connectivity index (χ1) is 18.5. The van der Waals surface area contributed by atoms with Crippen molar-refractivity contribution >= 4 is 46.5 Å². The van der Waals surface area contributed by atoms with Gasteiger partial charge < -0.3 is 30.9 Å². The summed E-state index contributed by atoms with van der Waals surface area (Å²) < 4.78 is 5.79. The van der Waals surface area contributed by atoms with Crippen LogP contribution in [-0.2, 0) is 10.2 Å². The number of benzene rings is 1. The number of hydrogen-bond acceptors (Lipinski definition) is 7. The smallest absolute Gasteiger partial charge is 0.323 e. The number of nitrogens with zero attached hydrogens (tertiary/aromatic N) is 2. The zero-order chi connectivity index (χ0) is 28.2. The van der Waals surface area contributed by atoms with Gasteiger partial charge in [0.05, 0.1) is 12.2 Å². The second-order valence-electron chi connectivity index (χ2n) is 9.84. The molecule has 3 aromatic rings. The van der Waals surface area contributed by atoms with E-state index >= 15 is 0 Å². The molecule has 204 valence electrons. The van der Waals surface area contributed by atoms with Gasteiger partial charge in [-0.05, 0) is 41.8 Å². The minimum absolute atomic E-state index is 0.0196. The highest BCUT2D eigenvalue weighted by molar-refractivity contribution is 7.14. The summed E-state index contributed by atoms with van der Waals surface area (Å²) >= 11 is 1.31. The summed E-state index contributed by atoms with van der Waals surface area (Å²) in [6, 6.07) is 11.1. The highest BCUT2D eigenvalue weighted by Gasteiger charge is 2.29. The number of amides is 5. The molecule has 1 aromatic carbocycles. The average Bonchev–Trinajstić information content (AvgIpc) is 3.33. The van der Waals surface area contributed by atoms with Crippen LogP contribution in [0.15, 0.2) is 48.7 Å². The third kappa shape index (κ3) is 6.90. The van der Waals surface area contributed by atoms with Crippen LogP contribution < -0.4 is 26.0 Å². The summed E-state index contributed by atoms with van der Waals surface area (Å²) in [5.41, 5.74) is 0.895. The molecule has 4 rings (SSSR count). The summed E-state index contributed by atoms with van der Waals surface area (Å²) in [5, 5.41) is 10.8. The van der Waals surface area contributed by atoms with Crippen LogP contribution >= 0.6 is 11.3 Å². The molecule has 0 atom stereocenters. The lowest BCUT2D eigenvalue weighted by Gasteiger charge is -2.26. The number of ether oxygens (including phenoxy) is 1. The molecule has 0 bridgehead atoms. The molecule has 39 heavy (non-hydrogen) atoms. The van der Waals surface area contributed by atoms with Gasteiger partial charge in [-0.1, -0.05) is 20.8 Å². The predicted octanol–water partition coefficient (Wildman–Crippen LogP) is 3.81. The lowest BCUT2D eigenvalue weighted by Crippen LogP contribution is -2.49. The highest BCUT2D eigenvalue weighted by atomic mass is 32.1. The number of carbonyl (C=O) groups is 4. The Labute approximate surface area is 229 Å². The third-order valence-electron chi connectivity index (χ3n) is 5.78. The Balaban J connectivity index is 1.44. The summed E-state index contributed by atoms with van der Waals surface area (Å²) in [6.45, 7) is 6.86. The van der Waals surface area contributed by atoms with Crippen molar-refractivity contribution in [2.75, 3.05) is 37.3 Å². The number of rotatable bonds is 6. The van der Waals surface area contributed by atoms with Gasteiger partial charge >= 0.3 is 6.03 Å². The van der Waals surface area contributed by atoms with Crippen molar-refractivity contribution in [3.05, 3.63) is 64.1 Å². The Morgan fingerprint density at radius 1 is 1.05 bits per heavy atom. The van der Waals surface area contributed by atoms with Crippen molar-refractivity contribution in [3.63, 3.8) is 0 Å². The molecule has 11 nitrogen and oxygen atoms in total. The molecule has 4 N–H and O–H groups in total. The van der Waals surface area contributed by atoms with Crippen molar-refractivity contribution in [1.29, 1.82) is 0 Å². The molecule has 1 aliphatic heterocycles. The van der Waals surface area contributed by atoms with Gasteiger partial charge in [0.15, 0.2) is 0 Å². The zero-order valence-electron chi connectivity index (χ0n) is 22.1. The van der Waals surface area contributed by atoms with Crippen LogP contribution in [0.2, 0.25) is 0 Å². The second-order valence-corrected chi connectivity index (χ2v) is 10.9. The first-order valence-corrected chi connectivity index (χ1v) is 13.1. The molecule has 0 spiro atoms. The number of hydrogen-bond donors (Lipinski definition) is 4. The Morgan fingerprint density at radius 3 is 2.46 bits per heavy atom. The van der Waals surface area contributed by atoms with Gasteiger partial charge in [-0.25, -0.2) is 4.79 Å². The topological polar surface area (TPSA) is 142 Å². The number of nitrogens with one attached hydrogen (secondary N) is 4. The first-order valence-electron chi connectivity index (χ1n) is 12.3. The summed E-state index contributed by atoms with van der Waals surface area (Å²) in [5.74, 6) is 0.117. The van der Waals surface area contributed by atoms with Crippen LogP contribution in [0.5, 0.6) is 11.5 Å². The molecule has 1 aliphatic rings. The van der Waals surface area contributed by atoms with E-state index < -0.39 is 6.03 Å². The van der Waals surface area contributed by atoms with Crippen LogP contribution in [0.4, 0.5) is 16.2 Å². The van der Waals surface area contributed by atoms with E-state index in [1.165, 1.54) is 35.5 Å². The van der Waals surface area contributed by atoms with Crippen molar-refractivity contribution in [2.45, 2.75) is 26.2 Å². The van der Waals surface area contributed by atoms with Crippen LogP contribution in [0.1, 0.15) is 45.8 Å². The number of thiophene rings is 1. The molecule has 1 fully saturated rings. The first kappa shape index (κ1) is 27.6. The van der Waals surface area contributed by atoms with Crippen molar-refractivity contribution in [3.8, 4) is 11.5 Å². The summed E-state index contributed by atoms with van der Waals surface area (Å²) in [4.78, 5) is 56.5. The third-order valence-corrected chi connectivity index (χ3v) is 7.33. The zero-order valence-corrected chi connectivity index (χ0v) is 22.9. The van der Waals surface area contributed by atoms with Crippen molar-refractivity contribution < 1.29 is 23.9 Å². The monoisotopic (exact) mass is 550 g/mol. The molecular weight excluding hydrogens is 520 g/mol. The molecule has 0 saturated carbocycles. The van der Waals surface area contributed by atoms with E-state index in [0.717, 1.165) is 4.88 Å². The lowest BCUT2D eigenvalue weighted by atomic mass is 9.94. The number of carbonyl (C=O) groups excluding carboxylic acids is 4. The normalized spacial score (nSPS) is 13.3. The van der Waals surface area contributed by atoms with Gasteiger partial charge in [0.2, 0.25) is 5.91 Å². The molecule has 12 heteroatoms. The molecule has 5 amide bonds. The fourth-order valence-corrected chi connectivity index (χ4v) is 4.86. The lowest BCUT2D eigenvalue weighted by molar-refractivity contribution is -0.123. The summed E-state index contributed by atoms with van der Waals surface area (Å²) in [6.07, 6.45) is 1.48. The number of urea groups is 1. The number of anilines is 2. The van der Waals surface area contributed by atoms with E-state index in [9.17, 15) is 19.2 Å². The fraction of sp³-hybridized carbons (Fsp3) is 0.296.